The Balaban J connectivity index is 2.57. The number of carbonyl (C=O) groups is 2. The molecule has 0 saturated carbocycles. The molecule has 1 unspecified atom stereocenters. The summed E-state index contributed by atoms with van der Waals surface area (Å²) in [5, 5.41) is 0. The number of benzene rings is 1. The highest BCUT2D eigenvalue weighted by Crippen LogP contribution is 2.30. The minimum atomic E-state index is -0.200. The molecule has 0 N–H and O–H groups in total. The first-order chi connectivity index (χ1) is 5.83. The van der Waals surface area contributed by atoms with Gasteiger partial charge in [-0.05, 0) is 5.56 Å². The molecule has 0 saturated heterocycles. The zero-order valence-corrected chi connectivity index (χ0v) is 6.49. The lowest BCUT2D eigenvalue weighted by Crippen LogP contribution is -1.93. The number of hydrogen-bond acceptors (Lipinski definition) is 2. The molecule has 2 nitrogen and oxygen atoms in total. The maximum atomic E-state index is 11.3. The van der Waals surface area contributed by atoms with Gasteiger partial charge in [-0.3, -0.25) is 4.79 Å². The Morgan fingerprint density at radius 3 is 2.83 bits per heavy atom. The van der Waals surface area contributed by atoms with Crippen molar-refractivity contribution in [1.82, 2.24) is 0 Å². The molecule has 1 aromatic carbocycles. The molecule has 60 valence electrons. The number of fused-ring (bicyclic) bond motifs is 1. The van der Waals surface area contributed by atoms with Crippen molar-refractivity contribution in [2.45, 2.75) is 12.3 Å². The van der Waals surface area contributed by atoms with E-state index in [9.17, 15) is 9.59 Å². The quantitative estimate of drug-likeness (QED) is 0.584. The number of ketones is 1. The average molecular weight is 160 g/mol. The fourth-order valence-corrected chi connectivity index (χ4v) is 1.62. The van der Waals surface area contributed by atoms with Crippen molar-refractivity contribution < 1.29 is 9.59 Å². The van der Waals surface area contributed by atoms with E-state index in [4.69, 9.17) is 0 Å². The van der Waals surface area contributed by atoms with Gasteiger partial charge in [0.1, 0.15) is 6.29 Å². The van der Waals surface area contributed by atoms with Crippen molar-refractivity contribution in [3.05, 3.63) is 35.4 Å². The summed E-state index contributed by atoms with van der Waals surface area (Å²) in [4.78, 5) is 21.8. The zero-order chi connectivity index (χ0) is 8.55. The molecular weight excluding hydrogens is 152 g/mol. The first-order valence-corrected chi connectivity index (χ1v) is 3.90. The van der Waals surface area contributed by atoms with E-state index in [-0.39, 0.29) is 11.7 Å². The van der Waals surface area contributed by atoms with Crippen molar-refractivity contribution in [2.75, 3.05) is 0 Å². The molecular formula is C10H8O2. The van der Waals surface area contributed by atoms with E-state index < -0.39 is 0 Å². The van der Waals surface area contributed by atoms with Gasteiger partial charge < -0.3 is 4.79 Å². The van der Waals surface area contributed by atoms with Crippen LogP contribution < -0.4 is 0 Å². The molecule has 12 heavy (non-hydrogen) atoms. The van der Waals surface area contributed by atoms with Gasteiger partial charge in [-0.25, -0.2) is 0 Å². The first-order valence-electron chi connectivity index (χ1n) is 3.90. The molecule has 0 aromatic heterocycles. The van der Waals surface area contributed by atoms with E-state index in [1.165, 1.54) is 0 Å². The fourth-order valence-electron chi connectivity index (χ4n) is 1.62. The van der Waals surface area contributed by atoms with Crippen LogP contribution in [0.2, 0.25) is 0 Å². The summed E-state index contributed by atoms with van der Waals surface area (Å²) in [6.45, 7) is 0. The van der Waals surface area contributed by atoms with Crippen LogP contribution in [0, 0.1) is 0 Å². The Morgan fingerprint density at radius 1 is 1.33 bits per heavy atom. The predicted molar refractivity (Wildman–Crippen MR) is 44.2 cm³/mol. The SMILES string of the molecule is O=CC1CC(=O)c2ccccc21. The molecule has 2 rings (SSSR count). The second-order valence-corrected chi connectivity index (χ2v) is 2.96. The predicted octanol–water partition coefficient (Wildman–Crippen LogP) is 1.56. The topological polar surface area (TPSA) is 34.1 Å². The Kier molecular flexibility index (Phi) is 1.54. The standard InChI is InChI=1S/C10H8O2/c11-6-7-5-10(12)9-4-2-1-3-8(7)9/h1-4,6-7H,5H2. The molecule has 0 aliphatic heterocycles. The molecule has 1 aliphatic rings. The summed E-state index contributed by atoms with van der Waals surface area (Å²) in [5.41, 5.74) is 1.60. The number of aldehydes is 1. The molecule has 0 spiro atoms. The number of hydrogen-bond donors (Lipinski definition) is 0. The van der Waals surface area contributed by atoms with Gasteiger partial charge in [-0.1, -0.05) is 24.3 Å². The van der Waals surface area contributed by atoms with Crippen molar-refractivity contribution in [3.63, 3.8) is 0 Å². The van der Waals surface area contributed by atoms with E-state index in [1.54, 1.807) is 6.07 Å². The summed E-state index contributed by atoms with van der Waals surface area (Å²) in [7, 11) is 0. The van der Waals surface area contributed by atoms with Crippen LogP contribution in [-0.4, -0.2) is 12.1 Å². The lowest BCUT2D eigenvalue weighted by atomic mass is 10.0. The lowest BCUT2D eigenvalue weighted by molar-refractivity contribution is -0.108. The van der Waals surface area contributed by atoms with Crippen LogP contribution in [0.5, 0.6) is 0 Å². The van der Waals surface area contributed by atoms with Crippen molar-refractivity contribution in [3.8, 4) is 0 Å². The van der Waals surface area contributed by atoms with Crippen molar-refractivity contribution >= 4 is 12.1 Å². The third-order valence-electron chi connectivity index (χ3n) is 2.23. The Morgan fingerprint density at radius 2 is 2.08 bits per heavy atom. The summed E-state index contributed by atoms with van der Waals surface area (Å²) >= 11 is 0. The summed E-state index contributed by atoms with van der Waals surface area (Å²) < 4.78 is 0. The van der Waals surface area contributed by atoms with Crippen molar-refractivity contribution in [1.29, 1.82) is 0 Å². The van der Waals surface area contributed by atoms with E-state index in [0.717, 1.165) is 17.4 Å². The number of rotatable bonds is 1. The van der Waals surface area contributed by atoms with Gasteiger partial charge in [0.15, 0.2) is 5.78 Å². The highest BCUT2D eigenvalue weighted by atomic mass is 16.1. The van der Waals surface area contributed by atoms with E-state index in [1.807, 2.05) is 18.2 Å². The van der Waals surface area contributed by atoms with Crippen LogP contribution in [0.1, 0.15) is 28.3 Å². The van der Waals surface area contributed by atoms with E-state index >= 15 is 0 Å². The van der Waals surface area contributed by atoms with Gasteiger partial charge in [-0.2, -0.15) is 0 Å². The van der Waals surface area contributed by atoms with Crippen LogP contribution in [-0.2, 0) is 4.79 Å². The monoisotopic (exact) mass is 160 g/mol. The van der Waals surface area contributed by atoms with E-state index in [2.05, 4.69) is 0 Å². The normalized spacial score (nSPS) is 20.7. The second kappa shape index (κ2) is 2.55. The highest BCUT2D eigenvalue weighted by Gasteiger charge is 2.27. The summed E-state index contributed by atoms with van der Waals surface area (Å²) in [6.07, 6.45) is 1.20. The van der Waals surface area contributed by atoms with Crippen molar-refractivity contribution in [2.24, 2.45) is 0 Å². The third kappa shape index (κ3) is 0.881. The average Bonchev–Trinajstić information content (AvgIpc) is 2.44. The Bertz CT molecular complexity index is 341. The maximum Gasteiger partial charge on any atom is 0.164 e. The third-order valence-corrected chi connectivity index (χ3v) is 2.23. The lowest BCUT2D eigenvalue weighted by Gasteiger charge is -1.98. The molecule has 0 amide bonds. The Hall–Kier alpha value is -1.44. The van der Waals surface area contributed by atoms with E-state index in [0.29, 0.717) is 6.42 Å². The molecule has 2 heteroatoms. The van der Waals surface area contributed by atoms with Gasteiger partial charge in [-0.15, -0.1) is 0 Å². The molecule has 0 bridgehead atoms. The molecule has 0 heterocycles. The van der Waals surface area contributed by atoms with Gasteiger partial charge in [0.25, 0.3) is 0 Å². The largest absolute Gasteiger partial charge is 0.303 e. The molecule has 0 fully saturated rings. The fraction of sp³-hybridized carbons (Fsp3) is 0.200. The summed E-state index contributed by atoms with van der Waals surface area (Å²) in [6, 6.07) is 7.30. The molecule has 1 aliphatic carbocycles. The van der Waals surface area contributed by atoms with Gasteiger partial charge in [0.05, 0.1) is 0 Å². The molecule has 1 atom stereocenters. The van der Waals surface area contributed by atoms with Crippen LogP contribution in [0.4, 0.5) is 0 Å². The second-order valence-electron chi connectivity index (χ2n) is 2.96. The van der Waals surface area contributed by atoms with Crippen LogP contribution in [0.25, 0.3) is 0 Å². The van der Waals surface area contributed by atoms with Gasteiger partial charge in [0, 0.05) is 17.9 Å². The molecule has 0 radical (unpaired) electrons. The Labute approximate surface area is 70.2 Å². The first kappa shape index (κ1) is 7.22. The summed E-state index contributed by atoms with van der Waals surface area (Å²) in [5.74, 6) is -0.114. The van der Waals surface area contributed by atoms with Crippen LogP contribution >= 0.6 is 0 Å². The number of Topliss-reactive ketones (excluding diaryl/α,β-unsaturated/α-hetero) is 1. The highest BCUT2D eigenvalue weighted by molar-refractivity contribution is 6.04. The smallest absolute Gasteiger partial charge is 0.164 e. The maximum absolute atomic E-state index is 11.3. The zero-order valence-electron chi connectivity index (χ0n) is 6.49. The minimum absolute atomic E-state index is 0.0858. The molecule has 1 aromatic rings. The van der Waals surface area contributed by atoms with Gasteiger partial charge in [0.2, 0.25) is 0 Å². The minimum Gasteiger partial charge on any atom is -0.303 e. The van der Waals surface area contributed by atoms with Crippen LogP contribution in [0.3, 0.4) is 0 Å². The van der Waals surface area contributed by atoms with Crippen LogP contribution in [0.15, 0.2) is 24.3 Å². The number of carbonyl (C=O) groups excluding carboxylic acids is 2. The van der Waals surface area contributed by atoms with Gasteiger partial charge >= 0.3 is 0 Å².